The smallest absolute Gasteiger partial charge is 0.193 e. The fourth-order valence-electron chi connectivity index (χ4n) is 5.85. The molecule has 0 amide bonds. The fourth-order valence-corrected chi connectivity index (χ4v) is 7.07. The summed E-state index contributed by atoms with van der Waals surface area (Å²) in [4.78, 5) is 0. The van der Waals surface area contributed by atoms with Gasteiger partial charge in [0.05, 0.1) is 25.2 Å². The van der Waals surface area contributed by atoms with Crippen LogP contribution >= 0.6 is 0 Å². The molecule has 5 heteroatoms. The van der Waals surface area contributed by atoms with E-state index < -0.39 is 14.1 Å². The van der Waals surface area contributed by atoms with Crippen LogP contribution in [0.2, 0.25) is 18.1 Å². The van der Waals surface area contributed by atoms with Crippen LogP contribution in [0.4, 0.5) is 0 Å². The van der Waals surface area contributed by atoms with E-state index in [2.05, 4.69) is 66.5 Å². The van der Waals surface area contributed by atoms with Crippen LogP contribution in [0, 0.1) is 41.4 Å². The van der Waals surface area contributed by atoms with Crippen LogP contribution in [0.3, 0.4) is 0 Å². The quantitative estimate of drug-likeness (QED) is 0.371. The van der Waals surface area contributed by atoms with Crippen molar-refractivity contribution in [3.05, 3.63) is 0 Å². The Morgan fingerprint density at radius 3 is 2.44 bits per heavy atom. The Labute approximate surface area is 198 Å². The van der Waals surface area contributed by atoms with Gasteiger partial charge in [-0.1, -0.05) is 72.6 Å². The second kappa shape index (κ2) is 10.1. The third-order valence-corrected chi connectivity index (χ3v) is 13.3. The van der Waals surface area contributed by atoms with Crippen molar-refractivity contribution >= 4 is 8.32 Å². The molecule has 3 aliphatic rings. The number of ether oxygens (including phenoxy) is 2. The van der Waals surface area contributed by atoms with Crippen LogP contribution in [-0.2, 0) is 13.9 Å². The molecule has 0 aromatic rings. The Balaban J connectivity index is 1.78. The van der Waals surface area contributed by atoms with Crippen molar-refractivity contribution in [1.29, 1.82) is 0 Å². The SMILES string of the molecule is CCCCC(C)C[C@@H](C#C[C@@H]1[C@H]2C(C)C3(OCCO3)[C@H]2CC[C@H]1O)O[Si](C)(C)C(C)(C)C. The summed E-state index contributed by atoms with van der Waals surface area (Å²) in [5.41, 5.74) is 0. The molecule has 3 rings (SSSR count). The number of aliphatic hydroxyl groups excluding tert-OH is 1. The van der Waals surface area contributed by atoms with Gasteiger partial charge < -0.3 is 19.0 Å². The van der Waals surface area contributed by atoms with Gasteiger partial charge in [-0.2, -0.15) is 0 Å². The molecule has 4 nitrogen and oxygen atoms in total. The Bertz CT molecular complexity index is 682. The van der Waals surface area contributed by atoms with Crippen LogP contribution in [0.5, 0.6) is 0 Å². The third kappa shape index (κ3) is 5.15. The number of unbranched alkanes of at least 4 members (excludes halogenated alkanes) is 1. The van der Waals surface area contributed by atoms with Crippen molar-refractivity contribution in [2.45, 2.75) is 116 Å². The first-order valence-electron chi connectivity index (χ1n) is 13.1. The third-order valence-electron chi connectivity index (χ3n) is 8.86. The highest BCUT2D eigenvalue weighted by Gasteiger charge is 2.67. The monoisotopic (exact) mass is 464 g/mol. The largest absolute Gasteiger partial charge is 0.403 e. The first-order valence-corrected chi connectivity index (χ1v) is 16.0. The van der Waals surface area contributed by atoms with Crippen LogP contribution in [0.25, 0.3) is 0 Å². The summed E-state index contributed by atoms with van der Waals surface area (Å²) in [7, 11) is -1.93. The molecule has 1 saturated heterocycles. The summed E-state index contributed by atoms with van der Waals surface area (Å²) in [6.07, 6.45) is 6.00. The second-order valence-corrected chi connectivity index (χ2v) is 17.0. The standard InChI is InChI=1S/C27H48O4Si/c1-9-10-11-19(2)18-21(31-32(7,8)26(4,5)6)12-13-22-24(28)15-14-23-25(22)20(3)27(23)29-16-17-30-27/h19-25,28H,9-11,14-18H2,1-8H3/t19?,20?,21-,22+,23+,24-,25-/m1/s1. The maximum atomic E-state index is 10.9. The molecule has 1 spiro atoms. The highest BCUT2D eigenvalue weighted by Crippen LogP contribution is 2.61. The fraction of sp³-hybridized carbons (Fsp3) is 0.926. The molecular formula is C27H48O4Si. The van der Waals surface area contributed by atoms with Gasteiger partial charge in [0, 0.05) is 11.8 Å². The zero-order valence-corrected chi connectivity index (χ0v) is 22.9. The van der Waals surface area contributed by atoms with Gasteiger partial charge in [0.15, 0.2) is 14.1 Å². The maximum absolute atomic E-state index is 10.9. The van der Waals surface area contributed by atoms with Crippen molar-refractivity contribution in [1.82, 2.24) is 0 Å². The topological polar surface area (TPSA) is 47.9 Å². The van der Waals surface area contributed by atoms with Gasteiger partial charge in [-0.3, -0.25) is 0 Å². The van der Waals surface area contributed by atoms with E-state index in [9.17, 15) is 5.11 Å². The number of rotatable bonds is 7. The molecule has 7 atom stereocenters. The molecule has 0 radical (unpaired) electrons. The molecule has 2 aliphatic carbocycles. The normalized spacial score (nSPS) is 33.7. The van der Waals surface area contributed by atoms with Crippen LogP contribution < -0.4 is 0 Å². The number of fused-ring (bicyclic) bond motifs is 2. The van der Waals surface area contributed by atoms with Gasteiger partial charge in [-0.25, -0.2) is 0 Å². The van der Waals surface area contributed by atoms with Gasteiger partial charge in [0.1, 0.15) is 6.10 Å². The Morgan fingerprint density at radius 2 is 1.84 bits per heavy atom. The lowest BCUT2D eigenvalue weighted by Crippen LogP contribution is -2.67. The first kappa shape index (κ1) is 26.2. The lowest BCUT2D eigenvalue weighted by molar-refractivity contribution is -0.334. The van der Waals surface area contributed by atoms with E-state index in [1.165, 1.54) is 19.3 Å². The summed E-state index contributed by atoms with van der Waals surface area (Å²) >= 11 is 0. The molecular weight excluding hydrogens is 416 g/mol. The summed E-state index contributed by atoms with van der Waals surface area (Å²) in [6.45, 7) is 19.7. The summed E-state index contributed by atoms with van der Waals surface area (Å²) in [5, 5.41) is 11.1. The van der Waals surface area contributed by atoms with Gasteiger partial charge in [-0.15, -0.1) is 0 Å². The van der Waals surface area contributed by atoms with E-state index in [-0.39, 0.29) is 29.1 Å². The molecule has 0 aromatic heterocycles. The van der Waals surface area contributed by atoms with Crippen molar-refractivity contribution in [3.8, 4) is 11.8 Å². The number of aliphatic hydroxyl groups is 1. The van der Waals surface area contributed by atoms with Gasteiger partial charge in [0.2, 0.25) is 0 Å². The molecule has 2 saturated carbocycles. The van der Waals surface area contributed by atoms with Gasteiger partial charge >= 0.3 is 0 Å². The minimum Gasteiger partial charge on any atom is -0.403 e. The Morgan fingerprint density at radius 1 is 1.19 bits per heavy atom. The van der Waals surface area contributed by atoms with Crippen molar-refractivity contribution in [2.24, 2.45) is 29.6 Å². The van der Waals surface area contributed by atoms with Crippen LogP contribution in [0.1, 0.15) is 80.1 Å². The average Bonchev–Trinajstić information content (AvgIpc) is 3.22. The van der Waals surface area contributed by atoms with Gasteiger partial charge in [-0.05, 0) is 49.2 Å². The minimum absolute atomic E-state index is 0.0151. The molecule has 3 fully saturated rings. The van der Waals surface area contributed by atoms with Gasteiger partial charge in [0.25, 0.3) is 0 Å². The predicted octanol–water partition coefficient (Wildman–Crippen LogP) is 5.99. The molecule has 1 N–H and O–H groups in total. The average molecular weight is 465 g/mol. The van der Waals surface area contributed by atoms with E-state index in [0.717, 1.165) is 19.3 Å². The van der Waals surface area contributed by atoms with E-state index in [4.69, 9.17) is 13.9 Å². The van der Waals surface area contributed by atoms with Crippen LogP contribution in [-0.4, -0.2) is 44.6 Å². The molecule has 184 valence electrons. The molecule has 0 aromatic carbocycles. The minimum atomic E-state index is -1.93. The van der Waals surface area contributed by atoms with E-state index in [1.807, 2.05) is 0 Å². The lowest BCUT2D eigenvalue weighted by atomic mass is 9.50. The first-order chi connectivity index (χ1) is 14.9. The maximum Gasteiger partial charge on any atom is 0.193 e. The number of hydrogen-bond donors (Lipinski definition) is 1. The summed E-state index contributed by atoms with van der Waals surface area (Å²) in [6, 6.07) is 0. The zero-order chi connectivity index (χ0) is 23.7. The molecule has 1 aliphatic heterocycles. The summed E-state index contributed by atoms with van der Waals surface area (Å²) < 4.78 is 19.0. The molecule has 32 heavy (non-hydrogen) atoms. The number of hydrogen-bond acceptors (Lipinski definition) is 4. The molecule has 1 heterocycles. The molecule has 0 bridgehead atoms. The predicted molar refractivity (Wildman–Crippen MR) is 133 cm³/mol. The Hall–Kier alpha value is -0.383. The summed E-state index contributed by atoms with van der Waals surface area (Å²) in [5.74, 6) is 8.25. The highest BCUT2D eigenvalue weighted by molar-refractivity contribution is 6.74. The second-order valence-electron chi connectivity index (χ2n) is 12.2. The van der Waals surface area contributed by atoms with Crippen molar-refractivity contribution < 1.29 is 19.0 Å². The van der Waals surface area contributed by atoms with E-state index >= 15 is 0 Å². The molecule has 2 unspecified atom stereocenters. The van der Waals surface area contributed by atoms with Crippen molar-refractivity contribution in [3.63, 3.8) is 0 Å². The highest BCUT2D eigenvalue weighted by atomic mass is 28.4. The van der Waals surface area contributed by atoms with E-state index in [1.54, 1.807) is 0 Å². The zero-order valence-electron chi connectivity index (χ0n) is 21.9. The van der Waals surface area contributed by atoms with Crippen molar-refractivity contribution in [2.75, 3.05) is 13.2 Å². The Kier molecular flexibility index (Phi) is 8.26. The van der Waals surface area contributed by atoms with Crippen LogP contribution in [0.15, 0.2) is 0 Å². The van der Waals surface area contributed by atoms with E-state index in [0.29, 0.717) is 31.0 Å². The lowest BCUT2D eigenvalue weighted by Gasteiger charge is -2.61.